The molecule has 0 radical (unpaired) electrons. The van der Waals surface area contributed by atoms with Crippen LogP contribution in [-0.2, 0) is 19.1 Å². The van der Waals surface area contributed by atoms with Gasteiger partial charge in [0.1, 0.15) is 11.9 Å². The van der Waals surface area contributed by atoms with Gasteiger partial charge in [-0.25, -0.2) is 4.98 Å². The molecule has 0 saturated carbocycles. The molecular formula is C30H47N3O6S. The molecule has 3 heterocycles. The van der Waals surface area contributed by atoms with Crippen molar-refractivity contribution in [1.82, 2.24) is 14.8 Å². The Morgan fingerprint density at radius 3 is 2.50 bits per heavy atom. The van der Waals surface area contributed by atoms with Gasteiger partial charge in [-0.2, -0.15) is 0 Å². The molecule has 2 aliphatic rings. The number of carbonyl (C=O) groups excluding carboxylic acids is 3. The number of likely N-dealkylation sites (N-methyl/N-ethyl adjacent to an activating group) is 1. The Morgan fingerprint density at radius 2 is 1.90 bits per heavy atom. The Balaban J connectivity index is 1.93. The highest BCUT2D eigenvalue weighted by molar-refractivity contribution is 7.09. The molecule has 2 unspecified atom stereocenters. The lowest BCUT2D eigenvalue weighted by Gasteiger charge is -2.34. The second kappa shape index (κ2) is 13.2. The van der Waals surface area contributed by atoms with Crippen LogP contribution in [0.1, 0.15) is 77.4 Å². The van der Waals surface area contributed by atoms with E-state index in [4.69, 9.17) is 4.74 Å². The number of ether oxygens (including phenoxy) is 1. The summed E-state index contributed by atoms with van der Waals surface area (Å²) in [5.74, 6) is -1.70. The molecule has 224 valence electrons. The average molecular weight is 578 g/mol. The first-order chi connectivity index (χ1) is 18.6. The zero-order valence-corrected chi connectivity index (χ0v) is 26.0. The number of cyclic esters (lactones) is 1. The number of hydrogen-bond donors (Lipinski definition) is 2. The number of Topliss-reactive ketones (excluding diaryl/α,β-unsaturated/α-hetero) is 1. The van der Waals surface area contributed by atoms with Crippen molar-refractivity contribution >= 4 is 35.1 Å². The number of aryl methyl sites for hydroxylation is 1. The first-order valence-electron chi connectivity index (χ1n) is 14.3. The van der Waals surface area contributed by atoms with Crippen molar-refractivity contribution in [2.45, 2.75) is 104 Å². The van der Waals surface area contributed by atoms with Gasteiger partial charge in [0.05, 0.1) is 53.4 Å². The van der Waals surface area contributed by atoms with Crippen LogP contribution in [0.15, 0.2) is 11.0 Å². The number of hydrogen-bond acceptors (Lipinski definition) is 9. The van der Waals surface area contributed by atoms with E-state index in [1.807, 2.05) is 56.1 Å². The molecule has 2 aliphatic heterocycles. The zero-order valence-electron chi connectivity index (χ0n) is 25.2. The van der Waals surface area contributed by atoms with Crippen molar-refractivity contribution in [3.8, 4) is 0 Å². The third-order valence-electron chi connectivity index (χ3n) is 8.55. The van der Waals surface area contributed by atoms with Crippen molar-refractivity contribution in [3.05, 3.63) is 21.7 Å². The zero-order chi connectivity index (χ0) is 29.9. The highest BCUT2D eigenvalue weighted by Gasteiger charge is 2.51. The monoisotopic (exact) mass is 577 g/mol. The fourth-order valence-corrected chi connectivity index (χ4v) is 6.39. The smallest absolute Gasteiger partial charge is 0.309 e. The fraction of sp³-hybridized carbons (Fsp3) is 0.733. The molecule has 1 aromatic rings. The van der Waals surface area contributed by atoms with Crippen molar-refractivity contribution in [3.63, 3.8) is 0 Å². The predicted octanol–water partition coefficient (Wildman–Crippen LogP) is 3.46. The SMILES string of the molecule is C/C(=C\c1csc(C)n1)[C@@H]1C[C@H]2C(CCCC(C)[C@H](O)[C@@H](C)C(=O)C(C)(C)[C@@H](O)CC(=O)O1)N2C(=O)CN(C)C. The Morgan fingerprint density at radius 1 is 1.23 bits per heavy atom. The first kappa shape index (κ1) is 32.4. The van der Waals surface area contributed by atoms with Crippen LogP contribution in [-0.4, -0.2) is 93.7 Å². The van der Waals surface area contributed by atoms with Crippen LogP contribution < -0.4 is 0 Å². The van der Waals surface area contributed by atoms with Crippen molar-refractivity contribution in [2.75, 3.05) is 20.6 Å². The molecule has 2 fully saturated rings. The summed E-state index contributed by atoms with van der Waals surface area (Å²) >= 11 is 1.54. The molecule has 2 N–H and O–H groups in total. The summed E-state index contributed by atoms with van der Waals surface area (Å²) in [7, 11) is 3.72. The summed E-state index contributed by atoms with van der Waals surface area (Å²) in [6.07, 6.45) is 1.49. The molecule has 3 rings (SSSR count). The molecule has 1 amide bonds. The van der Waals surface area contributed by atoms with Crippen LogP contribution in [0.5, 0.6) is 0 Å². The number of aliphatic hydroxyl groups is 2. The normalized spacial score (nSPS) is 32.5. The number of thiazole rings is 1. The van der Waals surface area contributed by atoms with Crippen LogP contribution in [0.3, 0.4) is 0 Å². The van der Waals surface area contributed by atoms with Gasteiger partial charge in [0.2, 0.25) is 5.91 Å². The number of esters is 1. The minimum atomic E-state index is -1.27. The number of carbonyl (C=O) groups is 3. The van der Waals surface area contributed by atoms with E-state index in [9.17, 15) is 24.6 Å². The molecule has 40 heavy (non-hydrogen) atoms. The first-order valence-corrected chi connectivity index (χ1v) is 15.2. The highest BCUT2D eigenvalue weighted by Crippen LogP contribution is 2.39. The molecule has 7 atom stereocenters. The lowest BCUT2D eigenvalue weighted by Crippen LogP contribution is -2.45. The second-order valence-electron chi connectivity index (χ2n) is 12.6. The maximum absolute atomic E-state index is 13.3. The maximum Gasteiger partial charge on any atom is 0.309 e. The predicted molar refractivity (Wildman–Crippen MR) is 156 cm³/mol. The summed E-state index contributed by atoms with van der Waals surface area (Å²) < 4.78 is 5.96. The van der Waals surface area contributed by atoms with E-state index in [0.717, 1.165) is 29.1 Å². The molecule has 0 bridgehead atoms. The quantitative estimate of drug-likeness (QED) is 0.413. The maximum atomic E-state index is 13.3. The van der Waals surface area contributed by atoms with Gasteiger partial charge in [0.15, 0.2) is 0 Å². The molecular weight excluding hydrogens is 530 g/mol. The van der Waals surface area contributed by atoms with Gasteiger partial charge in [-0.3, -0.25) is 14.4 Å². The number of aliphatic hydroxyl groups excluding tert-OH is 2. The minimum Gasteiger partial charge on any atom is -0.458 e. The standard InChI is InChI=1S/C30H47N3O6S/c1-17-10-9-11-22-23(33(22)26(35)15-32(7)8)13-24(18(2)12-21-16-40-20(4)31-21)39-27(36)14-25(34)30(5,6)29(38)19(3)28(17)37/h12,16-17,19,22-25,28,34,37H,9-11,13-15H2,1-8H3/b18-12+/t17?,19-,22?,23+,24+,25+,28+,33?/m1/s1. The minimum absolute atomic E-state index is 0.0174. The molecule has 1 aromatic heterocycles. The van der Waals surface area contributed by atoms with E-state index in [-0.39, 0.29) is 36.1 Å². The molecule has 2 saturated heterocycles. The number of aromatic nitrogens is 1. The van der Waals surface area contributed by atoms with E-state index in [1.54, 1.807) is 20.8 Å². The summed E-state index contributed by atoms with van der Waals surface area (Å²) in [6.45, 7) is 11.0. The van der Waals surface area contributed by atoms with Crippen molar-refractivity contribution < 1.29 is 29.3 Å². The van der Waals surface area contributed by atoms with Crippen LogP contribution in [0.4, 0.5) is 0 Å². The number of nitrogens with zero attached hydrogens (tertiary/aromatic N) is 3. The highest BCUT2D eigenvalue weighted by atomic mass is 32.1. The summed E-state index contributed by atoms with van der Waals surface area (Å²) in [4.78, 5) is 47.8. The Bertz CT molecular complexity index is 1100. The Kier molecular flexibility index (Phi) is 10.7. The van der Waals surface area contributed by atoms with Gasteiger partial charge in [-0.05, 0) is 58.4 Å². The number of ketones is 1. The lowest BCUT2D eigenvalue weighted by atomic mass is 9.73. The number of rotatable bonds is 4. The van der Waals surface area contributed by atoms with Crippen LogP contribution in [0.2, 0.25) is 0 Å². The Labute approximate surface area is 242 Å². The van der Waals surface area contributed by atoms with Gasteiger partial charge in [0.25, 0.3) is 0 Å². The van der Waals surface area contributed by atoms with Gasteiger partial charge < -0.3 is 24.7 Å². The van der Waals surface area contributed by atoms with Gasteiger partial charge >= 0.3 is 5.97 Å². The van der Waals surface area contributed by atoms with E-state index in [2.05, 4.69) is 4.98 Å². The topological polar surface area (TPSA) is 120 Å². The van der Waals surface area contributed by atoms with E-state index in [0.29, 0.717) is 19.4 Å². The van der Waals surface area contributed by atoms with E-state index >= 15 is 0 Å². The second-order valence-corrected chi connectivity index (χ2v) is 13.6. The largest absolute Gasteiger partial charge is 0.458 e. The number of amides is 1. The summed E-state index contributed by atoms with van der Waals surface area (Å²) in [5.41, 5.74) is 0.344. The van der Waals surface area contributed by atoms with Gasteiger partial charge in [0, 0.05) is 17.7 Å². The van der Waals surface area contributed by atoms with Crippen LogP contribution in [0, 0.1) is 24.2 Å². The molecule has 0 aromatic carbocycles. The lowest BCUT2D eigenvalue weighted by molar-refractivity contribution is -0.154. The van der Waals surface area contributed by atoms with Gasteiger partial charge in [-0.1, -0.05) is 34.1 Å². The average Bonchev–Trinajstić information content (AvgIpc) is 3.39. The van der Waals surface area contributed by atoms with Crippen LogP contribution >= 0.6 is 11.3 Å². The van der Waals surface area contributed by atoms with Crippen molar-refractivity contribution in [2.24, 2.45) is 17.3 Å². The fourth-order valence-electron chi connectivity index (χ4n) is 5.82. The molecule has 0 spiro atoms. The summed E-state index contributed by atoms with van der Waals surface area (Å²) in [5, 5.41) is 24.8. The van der Waals surface area contributed by atoms with E-state index in [1.165, 1.54) is 11.3 Å². The third-order valence-corrected chi connectivity index (χ3v) is 9.35. The van der Waals surface area contributed by atoms with E-state index < -0.39 is 35.6 Å². The molecule has 10 heteroatoms. The third kappa shape index (κ3) is 7.78. The Hall–Kier alpha value is -2.14. The van der Waals surface area contributed by atoms with Crippen LogP contribution in [0.25, 0.3) is 6.08 Å². The number of fused-ring (bicyclic) bond motifs is 1. The van der Waals surface area contributed by atoms with Gasteiger partial charge in [-0.15, -0.1) is 11.3 Å². The molecule has 9 nitrogen and oxygen atoms in total. The molecule has 0 aliphatic carbocycles. The summed E-state index contributed by atoms with van der Waals surface area (Å²) in [6, 6.07) is -0.0652. The van der Waals surface area contributed by atoms with Crippen molar-refractivity contribution in [1.29, 1.82) is 0 Å².